The zero-order chi connectivity index (χ0) is 17.6. The van der Waals surface area contributed by atoms with Gasteiger partial charge < -0.3 is 9.64 Å². The van der Waals surface area contributed by atoms with Crippen molar-refractivity contribution in [2.75, 3.05) is 33.3 Å². The van der Waals surface area contributed by atoms with E-state index in [2.05, 4.69) is 20.1 Å². The summed E-state index contributed by atoms with van der Waals surface area (Å²) in [6.45, 7) is 6.02. The number of hydrogen-bond donors (Lipinski definition) is 1. The zero-order valence-electron chi connectivity index (χ0n) is 14.9. The molecule has 7 heteroatoms. The number of carbonyl (C=O) groups is 1. The van der Waals surface area contributed by atoms with Crippen molar-refractivity contribution >= 4 is 5.91 Å². The van der Waals surface area contributed by atoms with Gasteiger partial charge in [-0.1, -0.05) is 19.1 Å². The van der Waals surface area contributed by atoms with Crippen molar-refractivity contribution in [3.05, 3.63) is 41.5 Å². The lowest BCUT2D eigenvalue weighted by molar-refractivity contribution is -0.132. The Kier molecular flexibility index (Phi) is 5.65. The Balaban J connectivity index is 1.46. The van der Waals surface area contributed by atoms with Gasteiger partial charge in [-0.25, -0.2) is 4.98 Å². The van der Waals surface area contributed by atoms with Crippen LogP contribution in [0.5, 0.6) is 5.75 Å². The van der Waals surface area contributed by atoms with Gasteiger partial charge in [-0.3, -0.25) is 14.8 Å². The van der Waals surface area contributed by atoms with Crippen molar-refractivity contribution in [3.8, 4) is 5.75 Å². The molecule has 0 bridgehead atoms. The van der Waals surface area contributed by atoms with E-state index in [1.165, 1.54) is 0 Å². The Morgan fingerprint density at radius 3 is 2.52 bits per heavy atom. The summed E-state index contributed by atoms with van der Waals surface area (Å²) in [6.07, 6.45) is 1.27. The first-order valence-electron chi connectivity index (χ1n) is 8.71. The van der Waals surface area contributed by atoms with Crippen LogP contribution in [0.2, 0.25) is 0 Å². The number of aryl methyl sites for hydroxylation is 1. The summed E-state index contributed by atoms with van der Waals surface area (Å²) in [6, 6.07) is 7.68. The maximum Gasteiger partial charge on any atom is 0.227 e. The molecule has 1 aliphatic rings. The number of piperazine rings is 1. The topological polar surface area (TPSA) is 74.4 Å². The molecule has 0 unspecified atom stereocenters. The highest BCUT2D eigenvalue weighted by molar-refractivity contribution is 5.78. The van der Waals surface area contributed by atoms with E-state index in [9.17, 15) is 4.79 Å². The van der Waals surface area contributed by atoms with Crippen molar-refractivity contribution in [3.63, 3.8) is 0 Å². The zero-order valence-corrected chi connectivity index (χ0v) is 14.9. The molecule has 2 heterocycles. The number of aromatic amines is 1. The first-order chi connectivity index (χ1) is 12.2. The molecule has 1 aromatic carbocycles. The summed E-state index contributed by atoms with van der Waals surface area (Å²) < 4.78 is 5.15. The van der Waals surface area contributed by atoms with Crippen LogP contribution in [0.3, 0.4) is 0 Å². The minimum atomic E-state index is 0.178. The maximum atomic E-state index is 12.5. The van der Waals surface area contributed by atoms with Gasteiger partial charge in [0.2, 0.25) is 5.91 Å². The average molecular weight is 343 g/mol. The summed E-state index contributed by atoms with van der Waals surface area (Å²) in [4.78, 5) is 21.2. The Morgan fingerprint density at radius 2 is 1.92 bits per heavy atom. The lowest BCUT2D eigenvalue weighted by Crippen LogP contribution is -2.48. The van der Waals surface area contributed by atoms with Gasteiger partial charge in [-0.15, -0.1) is 0 Å². The Morgan fingerprint density at radius 1 is 1.20 bits per heavy atom. The molecular weight excluding hydrogens is 318 g/mol. The van der Waals surface area contributed by atoms with Crippen LogP contribution in [-0.4, -0.2) is 64.2 Å². The minimum absolute atomic E-state index is 0.178. The second-order valence-electron chi connectivity index (χ2n) is 6.23. The molecule has 1 amide bonds. The lowest BCUT2D eigenvalue weighted by Gasteiger charge is -2.34. The van der Waals surface area contributed by atoms with E-state index in [0.29, 0.717) is 6.42 Å². The number of methoxy groups -OCH3 is 1. The molecule has 134 valence electrons. The fourth-order valence-electron chi connectivity index (χ4n) is 2.96. The first kappa shape index (κ1) is 17.4. The number of aromatic nitrogens is 3. The molecule has 7 nitrogen and oxygen atoms in total. The Labute approximate surface area is 148 Å². The van der Waals surface area contributed by atoms with E-state index in [-0.39, 0.29) is 5.91 Å². The molecule has 0 aliphatic carbocycles. The summed E-state index contributed by atoms with van der Waals surface area (Å²) in [5.41, 5.74) is 1.02. The number of benzene rings is 1. The van der Waals surface area contributed by atoms with Crippen molar-refractivity contribution < 1.29 is 9.53 Å². The number of ether oxygens (including phenoxy) is 1. The molecule has 1 N–H and O–H groups in total. The van der Waals surface area contributed by atoms with Crippen LogP contribution in [0.25, 0.3) is 0 Å². The fourth-order valence-corrected chi connectivity index (χ4v) is 2.96. The second-order valence-corrected chi connectivity index (χ2v) is 6.23. The molecule has 0 saturated carbocycles. The number of nitrogens with zero attached hydrogens (tertiary/aromatic N) is 4. The van der Waals surface area contributed by atoms with E-state index in [0.717, 1.165) is 62.1 Å². The molecule has 0 spiro atoms. The van der Waals surface area contributed by atoms with E-state index in [1.807, 2.05) is 36.1 Å². The average Bonchev–Trinajstić information content (AvgIpc) is 3.10. The Hall–Kier alpha value is -2.41. The minimum Gasteiger partial charge on any atom is -0.497 e. The number of amides is 1. The number of nitrogens with one attached hydrogen (secondary N) is 1. The molecule has 2 aromatic rings. The molecule has 25 heavy (non-hydrogen) atoms. The molecule has 3 rings (SSSR count). The number of H-pyrrole nitrogens is 1. The van der Waals surface area contributed by atoms with Gasteiger partial charge in [0.1, 0.15) is 17.4 Å². The highest BCUT2D eigenvalue weighted by Gasteiger charge is 2.22. The predicted molar refractivity (Wildman–Crippen MR) is 94.3 cm³/mol. The highest BCUT2D eigenvalue weighted by Crippen LogP contribution is 2.13. The van der Waals surface area contributed by atoms with Gasteiger partial charge in [0, 0.05) is 32.6 Å². The van der Waals surface area contributed by atoms with Crippen LogP contribution in [0.4, 0.5) is 0 Å². The van der Waals surface area contributed by atoms with Gasteiger partial charge >= 0.3 is 0 Å². The van der Waals surface area contributed by atoms with Crippen LogP contribution in [0.15, 0.2) is 24.3 Å². The monoisotopic (exact) mass is 343 g/mol. The smallest absolute Gasteiger partial charge is 0.227 e. The van der Waals surface area contributed by atoms with Gasteiger partial charge in [0.15, 0.2) is 0 Å². The maximum absolute atomic E-state index is 12.5. The third kappa shape index (κ3) is 4.57. The number of carbonyl (C=O) groups excluding carboxylic acids is 1. The second kappa shape index (κ2) is 8.11. The van der Waals surface area contributed by atoms with Gasteiger partial charge in [-0.05, 0) is 17.7 Å². The molecule has 0 radical (unpaired) electrons. The van der Waals surface area contributed by atoms with Gasteiger partial charge in [-0.2, -0.15) is 5.10 Å². The summed E-state index contributed by atoms with van der Waals surface area (Å²) in [5, 5.41) is 7.15. The van der Waals surface area contributed by atoms with Crippen molar-refractivity contribution in [1.82, 2.24) is 25.0 Å². The Bertz CT molecular complexity index is 690. The van der Waals surface area contributed by atoms with Crippen LogP contribution >= 0.6 is 0 Å². The normalized spacial score (nSPS) is 15.4. The van der Waals surface area contributed by atoms with Crippen LogP contribution in [0.1, 0.15) is 24.1 Å². The summed E-state index contributed by atoms with van der Waals surface area (Å²) in [5.74, 6) is 2.74. The van der Waals surface area contributed by atoms with E-state index in [1.54, 1.807) is 7.11 Å². The van der Waals surface area contributed by atoms with Gasteiger partial charge in [0.05, 0.1) is 20.1 Å². The van der Waals surface area contributed by atoms with Crippen molar-refractivity contribution in [1.29, 1.82) is 0 Å². The van der Waals surface area contributed by atoms with Crippen molar-refractivity contribution in [2.45, 2.75) is 26.3 Å². The van der Waals surface area contributed by atoms with E-state index in [4.69, 9.17) is 4.74 Å². The molecule has 1 aromatic heterocycles. The SMILES string of the molecule is CCc1n[nH]c(CN2CCN(C(=O)Cc3ccc(OC)cc3)CC2)n1. The standard InChI is InChI=1S/C18H25N5O2/c1-3-16-19-17(21-20-16)13-22-8-10-23(11-9-22)18(24)12-14-4-6-15(25-2)7-5-14/h4-7H,3,8-13H2,1-2H3,(H,19,20,21). The van der Waals surface area contributed by atoms with E-state index >= 15 is 0 Å². The van der Waals surface area contributed by atoms with E-state index < -0.39 is 0 Å². The molecule has 1 aliphatic heterocycles. The molecular formula is C18H25N5O2. The third-order valence-corrected chi connectivity index (χ3v) is 4.51. The quantitative estimate of drug-likeness (QED) is 0.855. The first-order valence-corrected chi connectivity index (χ1v) is 8.71. The molecule has 0 atom stereocenters. The van der Waals surface area contributed by atoms with Gasteiger partial charge in [0.25, 0.3) is 0 Å². The van der Waals surface area contributed by atoms with Crippen LogP contribution in [-0.2, 0) is 24.2 Å². The van der Waals surface area contributed by atoms with Crippen molar-refractivity contribution in [2.24, 2.45) is 0 Å². The highest BCUT2D eigenvalue weighted by atomic mass is 16.5. The molecule has 1 fully saturated rings. The summed E-state index contributed by atoms with van der Waals surface area (Å²) >= 11 is 0. The van der Waals surface area contributed by atoms with Crippen LogP contribution < -0.4 is 4.74 Å². The number of hydrogen-bond acceptors (Lipinski definition) is 5. The van der Waals surface area contributed by atoms with Crippen LogP contribution in [0, 0.1) is 0 Å². The fraction of sp³-hybridized carbons (Fsp3) is 0.500. The summed E-state index contributed by atoms with van der Waals surface area (Å²) in [7, 11) is 1.64. The third-order valence-electron chi connectivity index (χ3n) is 4.51. The molecule has 1 saturated heterocycles. The predicted octanol–water partition coefficient (Wildman–Crippen LogP) is 1.26. The largest absolute Gasteiger partial charge is 0.497 e. The number of rotatable bonds is 6. The lowest BCUT2D eigenvalue weighted by atomic mass is 10.1.